The molecule has 1 atom stereocenters. The smallest absolute Gasteiger partial charge is 0.254 e. The molecule has 0 heterocycles. The molecule has 1 aromatic carbocycles. The first kappa shape index (κ1) is 13.3. The van der Waals surface area contributed by atoms with Crippen LogP contribution in [0.3, 0.4) is 0 Å². The second-order valence-corrected chi connectivity index (χ2v) is 3.92. The molecule has 0 fully saturated rings. The number of benzene rings is 1. The van der Waals surface area contributed by atoms with Crippen LogP contribution in [0.25, 0.3) is 0 Å². The molecular weight excluding hydrogens is 251 g/mol. The van der Waals surface area contributed by atoms with Crippen LogP contribution in [-0.4, -0.2) is 25.7 Å². The molecular formula is C10H12Cl2N2O2. The number of amides is 1. The maximum atomic E-state index is 11.6. The Kier molecular flexibility index (Phi) is 5.02. The van der Waals surface area contributed by atoms with E-state index in [2.05, 4.69) is 5.32 Å². The summed E-state index contributed by atoms with van der Waals surface area (Å²) < 4.78 is 4.89. The topological polar surface area (TPSA) is 64.3 Å². The van der Waals surface area contributed by atoms with Gasteiger partial charge in [0.1, 0.15) is 6.10 Å². The lowest BCUT2D eigenvalue weighted by molar-refractivity contribution is -0.125. The zero-order valence-corrected chi connectivity index (χ0v) is 10.2. The number of halogens is 2. The van der Waals surface area contributed by atoms with E-state index in [0.717, 1.165) is 0 Å². The van der Waals surface area contributed by atoms with Crippen molar-refractivity contribution in [3.63, 3.8) is 0 Å². The van der Waals surface area contributed by atoms with E-state index in [9.17, 15) is 4.79 Å². The van der Waals surface area contributed by atoms with Crippen molar-refractivity contribution in [3.8, 4) is 0 Å². The molecule has 0 spiro atoms. The first-order chi connectivity index (χ1) is 7.58. The minimum absolute atomic E-state index is 0.0977. The molecule has 0 saturated heterocycles. The average Bonchev–Trinajstić information content (AvgIpc) is 2.25. The van der Waals surface area contributed by atoms with Crippen LogP contribution in [0, 0.1) is 0 Å². The lowest BCUT2D eigenvalue weighted by Gasteiger charge is -2.13. The Balaban J connectivity index is 2.80. The molecule has 0 aromatic heterocycles. The Bertz CT molecular complexity index is 381. The minimum atomic E-state index is -0.699. The number of hydrogen-bond acceptors (Lipinski definition) is 3. The van der Waals surface area contributed by atoms with Gasteiger partial charge in [0, 0.05) is 18.7 Å². The molecule has 1 rings (SSSR count). The van der Waals surface area contributed by atoms with Gasteiger partial charge in [-0.1, -0.05) is 23.2 Å². The summed E-state index contributed by atoms with van der Waals surface area (Å²) in [5, 5.41) is 3.49. The molecule has 1 aromatic rings. The molecule has 0 saturated carbocycles. The summed E-state index contributed by atoms with van der Waals surface area (Å²) in [7, 11) is 1.41. The number of methoxy groups -OCH3 is 1. The number of anilines is 1. The largest absolute Gasteiger partial charge is 0.370 e. The highest BCUT2D eigenvalue weighted by molar-refractivity contribution is 6.35. The second kappa shape index (κ2) is 6.06. The highest BCUT2D eigenvalue weighted by Crippen LogP contribution is 2.25. The number of nitrogens with one attached hydrogen (secondary N) is 1. The SMILES string of the molecule is COC(CN)C(=O)Nc1cc(Cl)ccc1Cl. The van der Waals surface area contributed by atoms with Gasteiger partial charge in [-0.15, -0.1) is 0 Å². The molecule has 4 nitrogen and oxygen atoms in total. The van der Waals surface area contributed by atoms with Gasteiger partial charge in [-0.25, -0.2) is 0 Å². The summed E-state index contributed by atoms with van der Waals surface area (Å²) in [6, 6.07) is 4.80. The van der Waals surface area contributed by atoms with Crippen molar-refractivity contribution in [1.29, 1.82) is 0 Å². The Morgan fingerprint density at radius 2 is 2.25 bits per heavy atom. The molecule has 3 N–H and O–H groups in total. The number of nitrogens with two attached hydrogens (primary N) is 1. The highest BCUT2D eigenvalue weighted by atomic mass is 35.5. The molecule has 1 unspecified atom stereocenters. The van der Waals surface area contributed by atoms with Gasteiger partial charge in [0.15, 0.2) is 0 Å². The summed E-state index contributed by atoms with van der Waals surface area (Å²) in [6.07, 6.45) is -0.699. The number of hydrogen-bond donors (Lipinski definition) is 2. The van der Waals surface area contributed by atoms with Crippen LogP contribution in [0.5, 0.6) is 0 Å². The van der Waals surface area contributed by atoms with Crippen molar-refractivity contribution in [3.05, 3.63) is 28.2 Å². The summed E-state index contributed by atoms with van der Waals surface area (Å²) in [5.74, 6) is -0.353. The third kappa shape index (κ3) is 3.35. The fraction of sp³-hybridized carbons (Fsp3) is 0.300. The third-order valence-corrected chi connectivity index (χ3v) is 2.54. The van der Waals surface area contributed by atoms with Crippen LogP contribution in [0.15, 0.2) is 18.2 Å². The first-order valence-corrected chi connectivity index (χ1v) is 5.33. The normalized spacial score (nSPS) is 12.2. The summed E-state index contributed by atoms with van der Waals surface area (Å²) in [5.41, 5.74) is 5.80. The van der Waals surface area contributed by atoms with Gasteiger partial charge in [0.2, 0.25) is 0 Å². The quantitative estimate of drug-likeness (QED) is 0.872. The van der Waals surface area contributed by atoms with Gasteiger partial charge in [-0.2, -0.15) is 0 Å². The fourth-order valence-corrected chi connectivity index (χ4v) is 1.45. The Labute approximate surface area is 104 Å². The van der Waals surface area contributed by atoms with Gasteiger partial charge in [-0.05, 0) is 18.2 Å². The molecule has 1 amide bonds. The van der Waals surface area contributed by atoms with Crippen LogP contribution in [0.2, 0.25) is 10.0 Å². The highest BCUT2D eigenvalue weighted by Gasteiger charge is 2.16. The van der Waals surface area contributed by atoms with Gasteiger partial charge in [-0.3, -0.25) is 4.79 Å². The van der Waals surface area contributed by atoms with Gasteiger partial charge >= 0.3 is 0 Å². The average molecular weight is 263 g/mol. The van der Waals surface area contributed by atoms with E-state index in [4.69, 9.17) is 33.7 Å². The lowest BCUT2D eigenvalue weighted by Crippen LogP contribution is -2.35. The molecule has 0 bridgehead atoms. The first-order valence-electron chi connectivity index (χ1n) is 4.57. The zero-order valence-electron chi connectivity index (χ0n) is 8.67. The van der Waals surface area contributed by atoms with Crippen molar-refractivity contribution in [1.82, 2.24) is 0 Å². The maximum Gasteiger partial charge on any atom is 0.254 e. The molecule has 0 aliphatic rings. The van der Waals surface area contributed by atoms with Crippen LogP contribution < -0.4 is 11.1 Å². The number of rotatable bonds is 4. The van der Waals surface area contributed by atoms with E-state index >= 15 is 0 Å². The number of carbonyl (C=O) groups excluding carboxylic acids is 1. The molecule has 88 valence electrons. The fourth-order valence-electron chi connectivity index (χ4n) is 1.12. The van der Waals surface area contributed by atoms with Crippen LogP contribution in [-0.2, 0) is 9.53 Å². The predicted octanol–water partition coefficient (Wildman–Crippen LogP) is 1.91. The molecule has 0 aliphatic heterocycles. The summed E-state index contributed by atoms with van der Waals surface area (Å²) in [6.45, 7) is 0.0977. The summed E-state index contributed by atoms with van der Waals surface area (Å²) in [4.78, 5) is 11.6. The predicted molar refractivity (Wildman–Crippen MR) is 64.9 cm³/mol. The molecule has 0 radical (unpaired) electrons. The second-order valence-electron chi connectivity index (χ2n) is 3.07. The van der Waals surface area contributed by atoms with Crippen molar-refractivity contribution >= 4 is 34.8 Å². The van der Waals surface area contributed by atoms with Crippen molar-refractivity contribution in [2.45, 2.75) is 6.10 Å². The minimum Gasteiger partial charge on any atom is -0.370 e. The van der Waals surface area contributed by atoms with E-state index in [-0.39, 0.29) is 12.5 Å². The van der Waals surface area contributed by atoms with E-state index < -0.39 is 6.10 Å². The van der Waals surface area contributed by atoms with Gasteiger partial charge < -0.3 is 15.8 Å². The monoisotopic (exact) mass is 262 g/mol. The standard InChI is InChI=1S/C10H12Cl2N2O2/c1-16-9(5-13)10(15)14-8-4-6(11)2-3-7(8)12/h2-4,9H,5,13H2,1H3,(H,14,15). The number of ether oxygens (including phenoxy) is 1. The van der Waals surface area contributed by atoms with Crippen molar-refractivity contribution in [2.24, 2.45) is 5.73 Å². The van der Waals surface area contributed by atoms with E-state index in [1.54, 1.807) is 18.2 Å². The lowest BCUT2D eigenvalue weighted by atomic mass is 10.3. The van der Waals surface area contributed by atoms with Crippen LogP contribution >= 0.6 is 23.2 Å². The van der Waals surface area contributed by atoms with Crippen LogP contribution in [0.1, 0.15) is 0 Å². The Hall–Kier alpha value is -0.810. The molecule has 0 aliphatic carbocycles. The molecule has 16 heavy (non-hydrogen) atoms. The van der Waals surface area contributed by atoms with Crippen molar-refractivity contribution in [2.75, 3.05) is 19.0 Å². The number of carbonyl (C=O) groups is 1. The summed E-state index contributed by atoms with van der Waals surface area (Å²) >= 11 is 11.7. The van der Waals surface area contributed by atoms with Crippen molar-refractivity contribution < 1.29 is 9.53 Å². The van der Waals surface area contributed by atoms with E-state index in [1.807, 2.05) is 0 Å². The molecule has 6 heteroatoms. The maximum absolute atomic E-state index is 11.6. The van der Waals surface area contributed by atoms with E-state index in [1.165, 1.54) is 7.11 Å². The van der Waals surface area contributed by atoms with Gasteiger partial charge in [0.05, 0.1) is 10.7 Å². The Morgan fingerprint density at radius 3 is 2.81 bits per heavy atom. The Morgan fingerprint density at radius 1 is 1.56 bits per heavy atom. The third-order valence-electron chi connectivity index (χ3n) is 1.98. The van der Waals surface area contributed by atoms with Gasteiger partial charge in [0.25, 0.3) is 5.91 Å². The van der Waals surface area contributed by atoms with Crippen LogP contribution in [0.4, 0.5) is 5.69 Å². The zero-order chi connectivity index (χ0) is 12.1. The van der Waals surface area contributed by atoms with E-state index in [0.29, 0.717) is 15.7 Å².